The number of aromatic carboxylic acids is 1. The van der Waals surface area contributed by atoms with Gasteiger partial charge in [0, 0.05) is 12.2 Å². The number of carbonyl (C=O) groups is 3. The first kappa shape index (κ1) is 17.5. The molecule has 2 amide bonds. The largest absolute Gasteiger partial charge is 0.478 e. The molecule has 0 atom stereocenters. The number of hydrogen-bond acceptors (Lipinski definition) is 4. The molecular formula is C19H18N2O5. The highest BCUT2D eigenvalue weighted by Gasteiger charge is 2.21. The normalized spacial score (nSPS) is 13.4. The van der Waals surface area contributed by atoms with Gasteiger partial charge < -0.3 is 20.1 Å². The van der Waals surface area contributed by atoms with E-state index in [0.29, 0.717) is 30.9 Å². The second-order valence-electron chi connectivity index (χ2n) is 5.92. The first-order valence-corrected chi connectivity index (χ1v) is 8.14. The molecule has 1 fully saturated rings. The molecule has 134 valence electrons. The van der Waals surface area contributed by atoms with Crippen LogP contribution < -0.4 is 5.32 Å². The van der Waals surface area contributed by atoms with Crippen molar-refractivity contribution >= 4 is 23.7 Å². The van der Waals surface area contributed by atoms with Crippen LogP contribution >= 0.6 is 0 Å². The minimum Gasteiger partial charge on any atom is -0.478 e. The average molecular weight is 354 g/mol. The lowest BCUT2D eigenvalue weighted by Gasteiger charge is -2.13. The van der Waals surface area contributed by atoms with Crippen LogP contribution in [0.3, 0.4) is 0 Å². The summed E-state index contributed by atoms with van der Waals surface area (Å²) in [4.78, 5) is 36.6. The third kappa shape index (κ3) is 4.18. The summed E-state index contributed by atoms with van der Waals surface area (Å²) in [5, 5.41) is 12.0. The minimum absolute atomic E-state index is 0.0366. The zero-order valence-electron chi connectivity index (χ0n) is 14.0. The van der Waals surface area contributed by atoms with Gasteiger partial charge in [-0.2, -0.15) is 0 Å². The fraction of sp³-hybridized carbons (Fsp3) is 0.211. The van der Waals surface area contributed by atoms with Crippen LogP contribution in [0, 0.1) is 0 Å². The van der Waals surface area contributed by atoms with Gasteiger partial charge in [0.15, 0.2) is 0 Å². The van der Waals surface area contributed by atoms with Gasteiger partial charge in [0.05, 0.1) is 18.5 Å². The van der Waals surface area contributed by atoms with Crippen molar-refractivity contribution in [3.05, 3.63) is 65.2 Å². The van der Waals surface area contributed by atoms with E-state index in [1.54, 1.807) is 41.3 Å². The van der Waals surface area contributed by atoms with Gasteiger partial charge in [-0.3, -0.25) is 4.79 Å². The Kier molecular flexibility index (Phi) is 5.17. The lowest BCUT2D eigenvalue weighted by Crippen LogP contribution is -2.23. The highest BCUT2D eigenvalue weighted by atomic mass is 16.6. The van der Waals surface area contributed by atoms with E-state index in [1.165, 1.54) is 6.07 Å². The Morgan fingerprint density at radius 3 is 2.69 bits per heavy atom. The molecule has 0 bridgehead atoms. The molecule has 7 nitrogen and oxygen atoms in total. The third-order valence-corrected chi connectivity index (χ3v) is 4.03. The lowest BCUT2D eigenvalue weighted by atomic mass is 10.0. The number of ether oxygens (including phenoxy) is 1. The molecule has 0 saturated carbocycles. The molecule has 1 aliphatic heterocycles. The molecule has 0 unspecified atom stereocenters. The van der Waals surface area contributed by atoms with E-state index in [4.69, 9.17) is 4.74 Å². The van der Waals surface area contributed by atoms with Crippen molar-refractivity contribution in [2.45, 2.75) is 13.0 Å². The van der Waals surface area contributed by atoms with Gasteiger partial charge in [-0.05, 0) is 29.3 Å². The second kappa shape index (κ2) is 7.69. The van der Waals surface area contributed by atoms with Crippen LogP contribution in [0.15, 0.2) is 48.5 Å². The Bertz CT molecular complexity index is 849. The molecule has 2 aromatic rings. The van der Waals surface area contributed by atoms with E-state index in [0.717, 1.165) is 5.56 Å². The number of nitrogens with zero attached hydrogens (tertiary/aromatic N) is 1. The van der Waals surface area contributed by atoms with Crippen LogP contribution in [0.1, 0.15) is 21.5 Å². The summed E-state index contributed by atoms with van der Waals surface area (Å²) in [6.07, 6.45) is -0.379. The number of hydrogen-bond donors (Lipinski definition) is 2. The number of cyclic esters (lactones) is 1. The van der Waals surface area contributed by atoms with E-state index >= 15 is 0 Å². The Labute approximate surface area is 150 Å². The zero-order valence-corrected chi connectivity index (χ0v) is 14.0. The van der Waals surface area contributed by atoms with Crippen molar-refractivity contribution in [3.8, 4) is 0 Å². The fourth-order valence-corrected chi connectivity index (χ4v) is 2.80. The van der Waals surface area contributed by atoms with E-state index in [-0.39, 0.29) is 24.0 Å². The van der Waals surface area contributed by atoms with Crippen LogP contribution in [-0.4, -0.2) is 41.1 Å². The quantitative estimate of drug-likeness (QED) is 0.831. The van der Waals surface area contributed by atoms with Gasteiger partial charge >= 0.3 is 12.1 Å². The number of amides is 2. The fourth-order valence-electron chi connectivity index (χ4n) is 2.80. The van der Waals surface area contributed by atoms with Crippen molar-refractivity contribution in [2.75, 3.05) is 18.5 Å². The summed E-state index contributed by atoms with van der Waals surface area (Å²) >= 11 is 0. The molecule has 1 heterocycles. The van der Waals surface area contributed by atoms with Gasteiger partial charge in [-0.25, -0.2) is 9.59 Å². The summed E-state index contributed by atoms with van der Waals surface area (Å²) in [5.74, 6) is -1.37. The predicted octanol–water partition coefficient (Wildman–Crippen LogP) is 2.52. The van der Waals surface area contributed by atoms with Gasteiger partial charge in [0.2, 0.25) is 5.91 Å². The standard InChI is InChI=1S/C19H18N2O5/c22-17(11-14-5-1-2-7-16(14)18(23)24)20-15-6-3-4-13(10-15)12-21-8-9-26-19(21)25/h1-7,10H,8-9,11-12H2,(H,20,22)(H,23,24). The highest BCUT2D eigenvalue weighted by Crippen LogP contribution is 2.16. The minimum atomic E-state index is -1.06. The lowest BCUT2D eigenvalue weighted by molar-refractivity contribution is -0.115. The Morgan fingerprint density at radius 2 is 1.96 bits per heavy atom. The molecule has 1 aliphatic rings. The number of anilines is 1. The molecule has 0 aliphatic carbocycles. The van der Waals surface area contributed by atoms with Crippen LogP contribution in [0.4, 0.5) is 10.5 Å². The number of carboxylic acid groups (broad SMARTS) is 1. The molecule has 2 N–H and O–H groups in total. The number of nitrogens with one attached hydrogen (secondary N) is 1. The van der Waals surface area contributed by atoms with E-state index in [2.05, 4.69) is 5.32 Å². The monoisotopic (exact) mass is 354 g/mol. The van der Waals surface area contributed by atoms with Crippen molar-refractivity contribution in [2.24, 2.45) is 0 Å². The molecular weight excluding hydrogens is 336 g/mol. The Hall–Kier alpha value is -3.35. The third-order valence-electron chi connectivity index (χ3n) is 4.03. The first-order valence-electron chi connectivity index (χ1n) is 8.14. The summed E-state index contributed by atoms with van der Waals surface area (Å²) < 4.78 is 4.90. The summed E-state index contributed by atoms with van der Waals surface area (Å²) in [7, 11) is 0. The first-order chi connectivity index (χ1) is 12.5. The highest BCUT2D eigenvalue weighted by molar-refractivity contribution is 5.96. The van der Waals surface area contributed by atoms with Crippen LogP contribution in [0.25, 0.3) is 0 Å². The zero-order chi connectivity index (χ0) is 18.5. The molecule has 0 aromatic heterocycles. The van der Waals surface area contributed by atoms with Gasteiger partial charge in [0.25, 0.3) is 0 Å². The van der Waals surface area contributed by atoms with E-state index in [1.807, 2.05) is 6.07 Å². The molecule has 0 spiro atoms. The number of benzene rings is 2. The van der Waals surface area contributed by atoms with Gasteiger partial charge in [0.1, 0.15) is 6.61 Å². The van der Waals surface area contributed by atoms with Crippen LogP contribution in [0.2, 0.25) is 0 Å². The molecule has 1 saturated heterocycles. The Balaban J connectivity index is 1.65. The van der Waals surface area contributed by atoms with Crippen molar-refractivity contribution in [3.63, 3.8) is 0 Å². The van der Waals surface area contributed by atoms with E-state index in [9.17, 15) is 19.5 Å². The molecule has 26 heavy (non-hydrogen) atoms. The van der Waals surface area contributed by atoms with Gasteiger partial charge in [-0.1, -0.05) is 30.3 Å². The smallest absolute Gasteiger partial charge is 0.410 e. The molecule has 7 heteroatoms. The number of rotatable bonds is 6. The number of carboxylic acids is 1. The maximum Gasteiger partial charge on any atom is 0.410 e. The SMILES string of the molecule is O=C(Cc1ccccc1C(=O)O)Nc1cccc(CN2CCOC2=O)c1. The van der Waals surface area contributed by atoms with Crippen molar-refractivity contribution < 1.29 is 24.2 Å². The average Bonchev–Trinajstić information content (AvgIpc) is 3.00. The van der Waals surface area contributed by atoms with Crippen molar-refractivity contribution in [1.82, 2.24) is 4.90 Å². The van der Waals surface area contributed by atoms with E-state index < -0.39 is 5.97 Å². The molecule has 3 rings (SSSR count). The topological polar surface area (TPSA) is 95.9 Å². The maximum absolute atomic E-state index is 12.3. The summed E-state index contributed by atoms with van der Waals surface area (Å²) in [5.41, 5.74) is 2.03. The van der Waals surface area contributed by atoms with Crippen LogP contribution in [0.5, 0.6) is 0 Å². The second-order valence-corrected chi connectivity index (χ2v) is 5.92. The van der Waals surface area contributed by atoms with Gasteiger partial charge in [-0.15, -0.1) is 0 Å². The predicted molar refractivity (Wildman–Crippen MR) is 93.9 cm³/mol. The molecule has 0 radical (unpaired) electrons. The summed E-state index contributed by atoms with van der Waals surface area (Å²) in [6, 6.07) is 13.6. The van der Waals surface area contributed by atoms with Crippen molar-refractivity contribution in [1.29, 1.82) is 0 Å². The Morgan fingerprint density at radius 1 is 1.15 bits per heavy atom. The maximum atomic E-state index is 12.3. The summed E-state index contributed by atoms with van der Waals surface area (Å²) in [6.45, 7) is 1.34. The number of carbonyl (C=O) groups excluding carboxylic acids is 2. The van der Waals surface area contributed by atoms with Crippen LogP contribution in [-0.2, 0) is 22.5 Å². The molecule has 2 aromatic carbocycles.